The first-order chi connectivity index (χ1) is 7.95. The van der Waals surface area contributed by atoms with E-state index in [1.165, 1.54) is 0 Å². The van der Waals surface area contributed by atoms with Gasteiger partial charge in [-0.15, -0.1) is 10.2 Å². The lowest BCUT2D eigenvalue weighted by Gasteiger charge is -2.05. The van der Waals surface area contributed by atoms with E-state index in [0.29, 0.717) is 0 Å². The van der Waals surface area contributed by atoms with Gasteiger partial charge in [0.2, 0.25) is 5.89 Å². The van der Waals surface area contributed by atoms with Gasteiger partial charge in [0.15, 0.2) is 0 Å². The first-order valence-corrected chi connectivity index (χ1v) is 5.85. The van der Waals surface area contributed by atoms with Crippen LogP contribution in [0.1, 0.15) is 63.7 Å². The highest BCUT2D eigenvalue weighted by Crippen LogP contribution is 2.30. The van der Waals surface area contributed by atoms with E-state index in [-0.39, 0.29) is 11.8 Å². The Morgan fingerprint density at radius 3 is 2.41 bits per heavy atom. The molecule has 1 atom stereocenters. The largest absolute Gasteiger partial charge is 0.470 e. The normalized spacial score (nSPS) is 13.9. The molecule has 0 N–H and O–H groups in total. The van der Waals surface area contributed by atoms with Crippen molar-refractivity contribution in [2.24, 2.45) is 0 Å². The van der Waals surface area contributed by atoms with Gasteiger partial charge < -0.3 is 4.42 Å². The van der Waals surface area contributed by atoms with Crippen LogP contribution in [0, 0.1) is 0 Å². The molecule has 0 aliphatic heterocycles. The van der Waals surface area contributed by atoms with Crippen LogP contribution in [0.5, 0.6) is 0 Å². The molecule has 0 radical (unpaired) electrons. The van der Waals surface area contributed by atoms with Gasteiger partial charge in [0.1, 0.15) is 0 Å². The van der Waals surface area contributed by atoms with E-state index in [9.17, 15) is 13.2 Å². The average Bonchev–Trinajstić information content (AvgIpc) is 2.72. The highest BCUT2D eigenvalue weighted by atomic mass is 19.4. The van der Waals surface area contributed by atoms with Crippen LogP contribution in [0.25, 0.3) is 0 Å². The molecule has 0 saturated heterocycles. The van der Waals surface area contributed by atoms with Crippen molar-refractivity contribution in [3.8, 4) is 0 Å². The van der Waals surface area contributed by atoms with Gasteiger partial charge in [-0.1, -0.05) is 39.5 Å². The van der Waals surface area contributed by atoms with Gasteiger partial charge in [0, 0.05) is 5.92 Å². The summed E-state index contributed by atoms with van der Waals surface area (Å²) in [7, 11) is 0. The van der Waals surface area contributed by atoms with Crippen LogP contribution in [-0.2, 0) is 6.18 Å². The predicted molar refractivity (Wildman–Crippen MR) is 56.5 cm³/mol. The highest BCUT2D eigenvalue weighted by molar-refractivity contribution is 4.91. The lowest BCUT2D eigenvalue weighted by molar-refractivity contribution is -0.157. The number of nitrogens with zero attached hydrogens (tertiary/aromatic N) is 2. The van der Waals surface area contributed by atoms with Crippen LogP contribution >= 0.6 is 0 Å². The van der Waals surface area contributed by atoms with Crippen LogP contribution in [0.3, 0.4) is 0 Å². The van der Waals surface area contributed by atoms with Crippen molar-refractivity contribution in [2.75, 3.05) is 0 Å². The van der Waals surface area contributed by atoms with Crippen molar-refractivity contribution in [1.82, 2.24) is 10.2 Å². The molecule has 0 aliphatic rings. The zero-order valence-electron chi connectivity index (χ0n) is 10.0. The van der Waals surface area contributed by atoms with Gasteiger partial charge in [-0.25, -0.2) is 0 Å². The number of hydrogen-bond acceptors (Lipinski definition) is 3. The van der Waals surface area contributed by atoms with E-state index in [0.717, 1.165) is 32.1 Å². The minimum Gasteiger partial charge on any atom is -0.417 e. The fraction of sp³-hybridized carbons (Fsp3) is 0.818. The molecule has 98 valence electrons. The Labute approximate surface area is 98.4 Å². The third-order valence-corrected chi connectivity index (χ3v) is 2.60. The number of hydrogen-bond donors (Lipinski definition) is 0. The summed E-state index contributed by atoms with van der Waals surface area (Å²) in [5, 5.41) is 6.46. The van der Waals surface area contributed by atoms with Crippen LogP contribution in [0.4, 0.5) is 13.2 Å². The third-order valence-electron chi connectivity index (χ3n) is 2.60. The van der Waals surface area contributed by atoms with Crippen LogP contribution in [0.2, 0.25) is 0 Å². The first kappa shape index (κ1) is 14.0. The van der Waals surface area contributed by atoms with Crippen molar-refractivity contribution < 1.29 is 17.6 Å². The Morgan fingerprint density at radius 1 is 1.18 bits per heavy atom. The second kappa shape index (κ2) is 6.02. The smallest absolute Gasteiger partial charge is 0.417 e. The number of unbranched alkanes of at least 4 members (excludes halogenated alkanes) is 3. The summed E-state index contributed by atoms with van der Waals surface area (Å²) in [5.41, 5.74) is 0. The molecule has 17 heavy (non-hydrogen) atoms. The second-order valence-corrected chi connectivity index (χ2v) is 4.19. The maximum absolute atomic E-state index is 12.2. The highest BCUT2D eigenvalue weighted by Gasteiger charge is 2.38. The summed E-state index contributed by atoms with van der Waals surface area (Å²) in [4.78, 5) is 0. The Kier molecular flexibility index (Phi) is 4.96. The molecule has 0 fully saturated rings. The molecule has 1 unspecified atom stereocenters. The molecule has 0 amide bonds. The van der Waals surface area contributed by atoms with Crippen molar-refractivity contribution in [3.05, 3.63) is 11.8 Å². The van der Waals surface area contributed by atoms with Gasteiger partial charge in [-0.2, -0.15) is 13.2 Å². The number of alkyl halides is 3. The van der Waals surface area contributed by atoms with E-state index in [1.54, 1.807) is 6.92 Å². The number of rotatable bonds is 6. The molecule has 0 aliphatic carbocycles. The SMILES string of the molecule is CCCCCCC(C)c1nnc(C(F)(F)F)o1. The molecule has 1 aromatic heterocycles. The summed E-state index contributed by atoms with van der Waals surface area (Å²) in [6.07, 6.45) is 0.560. The molecule has 6 heteroatoms. The second-order valence-electron chi connectivity index (χ2n) is 4.19. The van der Waals surface area contributed by atoms with Gasteiger partial charge in [-0.3, -0.25) is 0 Å². The minimum atomic E-state index is -4.55. The number of halogens is 3. The monoisotopic (exact) mass is 250 g/mol. The van der Waals surface area contributed by atoms with E-state index in [1.807, 2.05) is 0 Å². The van der Waals surface area contributed by atoms with Crippen molar-refractivity contribution in [2.45, 2.75) is 58.0 Å². The molecule has 0 bridgehead atoms. The van der Waals surface area contributed by atoms with Crippen LogP contribution in [0.15, 0.2) is 4.42 Å². The Morgan fingerprint density at radius 2 is 1.88 bits per heavy atom. The van der Waals surface area contributed by atoms with E-state index < -0.39 is 12.1 Å². The van der Waals surface area contributed by atoms with Crippen molar-refractivity contribution in [1.29, 1.82) is 0 Å². The summed E-state index contributed by atoms with van der Waals surface area (Å²) in [6, 6.07) is 0. The quantitative estimate of drug-likeness (QED) is 0.711. The summed E-state index contributed by atoms with van der Waals surface area (Å²) < 4.78 is 41.3. The summed E-state index contributed by atoms with van der Waals surface area (Å²) >= 11 is 0. The minimum absolute atomic E-state index is 0.0776. The molecule has 0 saturated carbocycles. The Hall–Kier alpha value is -1.07. The van der Waals surface area contributed by atoms with Crippen LogP contribution in [-0.4, -0.2) is 10.2 Å². The molecule has 0 spiro atoms. The maximum atomic E-state index is 12.2. The topological polar surface area (TPSA) is 38.9 Å². The Bertz CT molecular complexity index is 336. The molecule has 1 rings (SSSR count). The standard InChI is InChI=1S/C11H17F3N2O/c1-3-4-5-6-7-8(2)9-15-16-10(17-9)11(12,13)14/h8H,3-7H2,1-2H3. The van der Waals surface area contributed by atoms with Gasteiger partial charge in [0.25, 0.3) is 0 Å². The fourth-order valence-corrected chi connectivity index (χ4v) is 1.55. The zero-order chi connectivity index (χ0) is 12.9. The molecule has 3 nitrogen and oxygen atoms in total. The lowest BCUT2D eigenvalue weighted by atomic mass is 10.0. The fourth-order valence-electron chi connectivity index (χ4n) is 1.55. The summed E-state index contributed by atoms with van der Waals surface area (Å²) in [5.74, 6) is -1.29. The number of aromatic nitrogens is 2. The van der Waals surface area contributed by atoms with Gasteiger partial charge in [0.05, 0.1) is 0 Å². The molecule has 1 aromatic rings. The summed E-state index contributed by atoms with van der Waals surface area (Å²) in [6.45, 7) is 3.91. The molecule has 1 heterocycles. The lowest BCUT2D eigenvalue weighted by Crippen LogP contribution is -2.04. The van der Waals surface area contributed by atoms with Crippen molar-refractivity contribution >= 4 is 0 Å². The first-order valence-electron chi connectivity index (χ1n) is 5.85. The van der Waals surface area contributed by atoms with E-state index >= 15 is 0 Å². The van der Waals surface area contributed by atoms with E-state index in [4.69, 9.17) is 0 Å². The predicted octanol–water partition coefficient (Wildman–Crippen LogP) is 4.16. The molecular weight excluding hydrogens is 233 g/mol. The Balaban J connectivity index is 2.47. The van der Waals surface area contributed by atoms with E-state index in [2.05, 4.69) is 21.5 Å². The van der Waals surface area contributed by atoms with Gasteiger partial charge >= 0.3 is 12.1 Å². The third kappa shape index (κ3) is 4.36. The van der Waals surface area contributed by atoms with Gasteiger partial charge in [-0.05, 0) is 6.42 Å². The molecular formula is C11H17F3N2O. The zero-order valence-corrected chi connectivity index (χ0v) is 10.0. The van der Waals surface area contributed by atoms with Crippen LogP contribution < -0.4 is 0 Å². The maximum Gasteiger partial charge on any atom is 0.470 e. The average molecular weight is 250 g/mol. The van der Waals surface area contributed by atoms with Crippen molar-refractivity contribution in [3.63, 3.8) is 0 Å². The molecule has 0 aromatic carbocycles.